The van der Waals surface area contributed by atoms with Gasteiger partial charge in [-0.3, -0.25) is 29.2 Å². The van der Waals surface area contributed by atoms with Crippen molar-refractivity contribution in [1.29, 1.82) is 0 Å². The highest BCUT2D eigenvalue weighted by Crippen LogP contribution is 2.42. The van der Waals surface area contributed by atoms with Gasteiger partial charge in [0.15, 0.2) is 0 Å². The van der Waals surface area contributed by atoms with Crippen molar-refractivity contribution in [2.24, 2.45) is 17.3 Å². The number of thiazole rings is 1. The van der Waals surface area contributed by atoms with Gasteiger partial charge in [-0.25, -0.2) is 15.2 Å². The number of aryl methyl sites for hydroxylation is 1. The summed E-state index contributed by atoms with van der Waals surface area (Å²) in [6, 6.07) is 7.43. The quantitative estimate of drug-likeness (QED) is 0.144. The Morgan fingerprint density at radius 3 is 2.55 bits per heavy atom. The number of hydrogen-bond acceptors (Lipinski definition) is 11. The fourth-order valence-corrected chi connectivity index (χ4v) is 10.8. The number of hydrazine groups is 1. The molecule has 1 aromatic carbocycles. The summed E-state index contributed by atoms with van der Waals surface area (Å²) in [6.45, 7) is 18.0. The van der Waals surface area contributed by atoms with Crippen LogP contribution in [0, 0.1) is 17.3 Å². The van der Waals surface area contributed by atoms with E-state index in [9.17, 15) is 24.0 Å². The van der Waals surface area contributed by atoms with Crippen LogP contribution < -0.4 is 16.1 Å². The molecule has 66 heavy (non-hydrogen) atoms. The van der Waals surface area contributed by atoms with Crippen LogP contribution in [0.2, 0.25) is 0 Å². The Bertz CT molecular complexity index is 2490. The van der Waals surface area contributed by atoms with Gasteiger partial charge in [-0.2, -0.15) is 0 Å². The third kappa shape index (κ3) is 9.70. The van der Waals surface area contributed by atoms with Gasteiger partial charge >= 0.3 is 12.0 Å². The SMILES string of the molecule is CCn1c(-c2cccnc2C(C)C)c2c3cc(ccc31)-c1csc(n1)C[C@H](NC(=O)[C@H](C(C)C)N(C)C(=O)N(C)CC1CN(C(=O)[C@@H]3CN3)C1)C(=O)N1CCC[C@H](N1)C(=O)OCC(C)(C)C2. The van der Waals surface area contributed by atoms with Gasteiger partial charge in [0, 0.05) is 105 Å². The number of ether oxygens (including phenoxy) is 1. The predicted octanol–water partition coefficient (Wildman–Crippen LogP) is 5.06. The minimum absolute atomic E-state index is 0.0838. The summed E-state index contributed by atoms with van der Waals surface area (Å²) in [7, 11) is 3.32. The number of cyclic esters (lactones) is 1. The third-order valence-corrected chi connectivity index (χ3v) is 14.3. The molecule has 3 saturated heterocycles. The number of likely N-dealkylation sites (N-methyl/N-ethyl adjacent to an activating group) is 1. The average Bonchev–Trinajstić information content (AvgIpc) is 3.96. The molecule has 3 aromatic heterocycles. The first-order chi connectivity index (χ1) is 31.4. The van der Waals surface area contributed by atoms with Crippen molar-refractivity contribution in [1.82, 2.24) is 50.3 Å². The third-order valence-electron chi connectivity index (χ3n) is 13.4. The molecule has 17 heteroatoms. The maximum atomic E-state index is 14.6. The number of nitrogens with zero attached hydrogens (tertiary/aromatic N) is 7. The van der Waals surface area contributed by atoms with Crippen molar-refractivity contribution < 1.29 is 28.7 Å². The number of pyridine rings is 1. The number of likely N-dealkylation sites (tertiary alicyclic amines) is 1. The first kappa shape index (κ1) is 47.1. The van der Waals surface area contributed by atoms with Gasteiger partial charge in [-0.1, -0.05) is 47.6 Å². The van der Waals surface area contributed by atoms with Crippen LogP contribution in [0.25, 0.3) is 33.4 Å². The van der Waals surface area contributed by atoms with Crippen molar-refractivity contribution in [2.45, 2.75) is 111 Å². The number of rotatable bonds is 10. The lowest BCUT2D eigenvalue weighted by molar-refractivity contribution is -0.155. The molecule has 16 nitrogen and oxygen atoms in total. The first-order valence-electron chi connectivity index (χ1n) is 23.5. The van der Waals surface area contributed by atoms with Gasteiger partial charge in [0.1, 0.15) is 18.1 Å². The molecule has 3 N–H and O–H groups in total. The van der Waals surface area contributed by atoms with Crippen LogP contribution in [0.5, 0.6) is 0 Å². The molecule has 0 unspecified atom stereocenters. The van der Waals surface area contributed by atoms with Crippen LogP contribution >= 0.6 is 11.3 Å². The maximum absolute atomic E-state index is 14.6. The predicted molar refractivity (Wildman–Crippen MR) is 254 cm³/mol. The Labute approximate surface area is 391 Å². The van der Waals surface area contributed by atoms with Crippen LogP contribution in [0.15, 0.2) is 41.9 Å². The van der Waals surface area contributed by atoms with Crippen molar-refractivity contribution in [3.63, 3.8) is 0 Å². The molecule has 4 aliphatic rings. The minimum Gasteiger partial charge on any atom is -0.464 e. The zero-order chi connectivity index (χ0) is 47.2. The highest BCUT2D eigenvalue weighted by atomic mass is 32.1. The largest absolute Gasteiger partial charge is 0.464 e. The number of aromatic nitrogens is 3. The van der Waals surface area contributed by atoms with E-state index in [2.05, 4.69) is 79.5 Å². The van der Waals surface area contributed by atoms with Gasteiger partial charge in [0.05, 0.1) is 34.7 Å². The van der Waals surface area contributed by atoms with Crippen molar-refractivity contribution in [3.8, 4) is 22.5 Å². The standard InChI is InChI=1S/C49H66N10O6S/c1-10-58-39-16-15-31-19-33(39)34(43(58)32-13-11-17-50-41(32)28(2)3)21-49(6,7)27-65-47(63)35-14-12-18-59(54-35)46(62)36(20-40-52-38(31)26-66-40)53-44(60)42(29(4)5)56(9)48(64)55(8)23-30-24-57(25-30)45(61)37-22-51-37/h11,13,15-17,19,26,28-30,35-37,42,51,54H,10,12,14,18,20-25,27H2,1-9H3,(H,53,60)/t35-,36-,37-,42-/m0/s1. The highest BCUT2D eigenvalue weighted by molar-refractivity contribution is 7.10. The van der Waals surface area contributed by atoms with E-state index in [1.54, 1.807) is 19.0 Å². The second-order valence-electron chi connectivity index (χ2n) is 20.1. The van der Waals surface area contributed by atoms with Crippen molar-refractivity contribution >= 4 is 52.0 Å². The number of carbonyl (C=O) groups is 5. The lowest BCUT2D eigenvalue weighted by Crippen LogP contribution is -2.62. The molecular weight excluding hydrogens is 857 g/mol. The summed E-state index contributed by atoms with van der Waals surface area (Å²) in [5.41, 5.74) is 9.81. The Hall–Kier alpha value is -5.39. The van der Waals surface area contributed by atoms with Gasteiger partial charge in [0.25, 0.3) is 5.91 Å². The number of nitrogens with one attached hydrogen (secondary N) is 3. The number of urea groups is 1. The molecule has 0 radical (unpaired) electrons. The molecule has 3 fully saturated rings. The molecule has 5 amide bonds. The van der Waals surface area contributed by atoms with Gasteiger partial charge in [0.2, 0.25) is 11.8 Å². The lowest BCUT2D eigenvalue weighted by atomic mass is 9.84. The fraction of sp³-hybridized carbons (Fsp3) is 0.571. The molecule has 8 rings (SSSR count). The number of carbonyl (C=O) groups excluding carboxylic acids is 5. The second kappa shape index (κ2) is 19.1. The molecule has 4 aliphatic heterocycles. The van der Waals surface area contributed by atoms with E-state index >= 15 is 0 Å². The van der Waals surface area contributed by atoms with Crippen LogP contribution in [0.1, 0.15) is 83.5 Å². The molecule has 0 saturated carbocycles. The van der Waals surface area contributed by atoms with E-state index in [1.807, 2.05) is 36.4 Å². The van der Waals surface area contributed by atoms with Crippen molar-refractivity contribution in [2.75, 3.05) is 53.4 Å². The van der Waals surface area contributed by atoms with Crippen LogP contribution in [-0.4, -0.2) is 142 Å². The number of hydrogen-bond donors (Lipinski definition) is 3. The normalized spacial score (nSPS) is 21.6. The lowest BCUT2D eigenvalue weighted by Gasteiger charge is -2.42. The van der Waals surface area contributed by atoms with E-state index in [0.29, 0.717) is 57.0 Å². The highest BCUT2D eigenvalue weighted by Gasteiger charge is 2.42. The summed E-state index contributed by atoms with van der Waals surface area (Å²) >= 11 is 1.42. The zero-order valence-electron chi connectivity index (χ0n) is 39.8. The Kier molecular flexibility index (Phi) is 13.6. The van der Waals surface area contributed by atoms with Crippen molar-refractivity contribution in [3.05, 3.63) is 58.2 Å². The summed E-state index contributed by atoms with van der Waals surface area (Å²) in [4.78, 5) is 84.1. The smallest absolute Gasteiger partial charge is 0.324 e. The van der Waals surface area contributed by atoms with Gasteiger partial charge in [-0.15, -0.1) is 11.3 Å². The molecule has 0 aliphatic carbocycles. The molecular formula is C49H66N10O6S. The summed E-state index contributed by atoms with van der Waals surface area (Å²) in [5.74, 6) is -1.18. The minimum atomic E-state index is -1.07. The summed E-state index contributed by atoms with van der Waals surface area (Å²) in [6.07, 6.45) is 3.60. The summed E-state index contributed by atoms with van der Waals surface area (Å²) in [5, 5.41) is 11.3. The fourth-order valence-electron chi connectivity index (χ4n) is 9.94. The van der Waals surface area contributed by atoms with E-state index < -0.39 is 41.3 Å². The molecule has 0 spiro atoms. The van der Waals surface area contributed by atoms with E-state index in [-0.39, 0.29) is 48.8 Å². The first-order valence-corrected chi connectivity index (χ1v) is 24.4. The van der Waals surface area contributed by atoms with E-state index in [0.717, 1.165) is 51.2 Å². The zero-order valence-corrected chi connectivity index (χ0v) is 40.7. The molecule has 4 atom stereocenters. The van der Waals surface area contributed by atoms with Crippen LogP contribution in [-0.2, 0) is 43.3 Å². The Balaban J connectivity index is 1.10. The average molecular weight is 923 g/mol. The molecule has 354 valence electrons. The second-order valence-corrected chi connectivity index (χ2v) is 21.0. The maximum Gasteiger partial charge on any atom is 0.324 e. The number of benzene rings is 1. The van der Waals surface area contributed by atoms with Crippen LogP contribution in [0.3, 0.4) is 0 Å². The molecule has 6 bridgehead atoms. The number of esters is 1. The van der Waals surface area contributed by atoms with E-state index in [4.69, 9.17) is 14.7 Å². The van der Waals surface area contributed by atoms with E-state index in [1.165, 1.54) is 21.2 Å². The Morgan fingerprint density at radius 2 is 1.85 bits per heavy atom. The summed E-state index contributed by atoms with van der Waals surface area (Å²) < 4.78 is 8.48. The Morgan fingerprint density at radius 1 is 1.09 bits per heavy atom. The van der Waals surface area contributed by atoms with Crippen LogP contribution in [0.4, 0.5) is 4.79 Å². The number of fused-ring (bicyclic) bond motifs is 6. The molecule has 7 heterocycles. The monoisotopic (exact) mass is 922 g/mol. The molecule has 4 aromatic rings. The van der Waals surface area contributed by atoms with Gasteiger partial charge < -0.3 is 34.6 Å². The van der Waals surface area contributed by atoms with Gasteiger partial charge in [-0.05, 0) is 67.9 Å². The topological polar surface area (TPSA) is 184 Å². The number of amides is 5.